The average Bonchev–Trinajstić information content (AvgIpc) is 3.24. The molecule has 2 atom stereocenters. The molecule has 2 aromatic carbocycles. The van der Waals surface area contributed by atoms with Gasteiger partial charge in [-0.15, -0.1) is 0 Å². The highest BCUT2D eigenvalue weighted by molar-refractivity contribution is 5.92. The Balaban J connectivity index is 1.36. The van der Waals surface area contributed by atoms with Crippen LogP contribution >= 0.6 is 0 Å². The molecule has 0 aliphatic heterocycles. The maximum absolute atomic E-state index is 12.4. The molecule has 0 bridgehead atoms. The van der Waals surface area contributed by atoms with Crippen molar-refractivity contribution in [2.24, 2.45) is 11.3 Å². The van der Waals surface area contributed by atoms with Gasteiger partial charge in [-0.05, 0) is 61.6 Å². The van der Waals surface area contributed by atoms with Crippen LogP contribution in [0.15, 0.2) is 66.7 Å². The molecule has 2 fully saturated rings. The lowest BCUT2D eigenvalue weighted by Gasteiger charge is -2.14. The zero-order valence-corrected chi connectivity index (χ0v) is 14.4. The van der Waals surface area contributed by atoms with Crippen molar-refractivity contribution in [2.75, 3.05) is 0 Å². The molecule has 0 radical (unpaired) electrons. The monoisotopic (exact) mass is 348 g/mol. The third-order valence-corrected chi connectivity index (χ3v) is 5.51. The largest absolute Gasteiger partial charge is 0.423 e. The van der Waals surface area contributed by atoms with Gasteiger partial charge in [-0.3, -0.25) is 0 Å². The van der Waals surface area contributed by atoms with Crippen molar-refractivity contribution >= 4 is 11.9 Å². The highest BCUT2D eigenvalue weighted by atomic mass is 16.5. The summed E-state index contributed by atoms with van der Waals surface area (Å²) in [6.45, 7) is 3.99. The molecule has 4 rings (SSSR count). The second-order valence-corrected chi connectivity index (χ2v) is 7.04. The summed E-state index contributed by atoms with van der Waals surface area (Å²) in [7, 11) is 0. The van der Waals surface area contributed by atoms with Crippen LogP contribution in [0.4, 0.5) is 0 Å². The molecule has 2 unspecified atom stereocenters. The van der Waals surface area contributed by atoms with Gasteiger partial charge in [0.25, 0.3) is 0 Å². The van der Waals surface area contributed by atoms with Gasteiger partial charge in [-0.25, -0.2) is 9.59 Å². The number of carbonyl (C=O) groups is 2. The molecule has 2 aliphatic carbocycles. The number of fused-ring (bicyclic) bond motifs is 1. The molecule has 4 heteroatoms. The number of hydrogen-bond acceptors (Lipinski definition) is 4. The zero-order valence-electron chi connectivity index (χ0n) is 14.4. The minimum Gasteiger partial charge on any atom is -0.423 e. The molecule has 0 amide bonds. The number of carbonyl (C=O) groups excluding carboxylic acids is 2. The quantitative estimate of drug-likeness (QED) is 0.452. The maximum Gasteiger partial charge on any atom is 0.343 e. The predicted octanol–water partition coefficient (Wildman–Crippen LogP) is 4.56. The van der Waals surface area contributed by atoms with Crippen molar-refractivity contribution in [2.45, 2.75) is 25.7 Å². The van der Waals surface area contributed by atoms with Gasteiger partial charge < -0.3 is 9.47 Å². The summed E-state index contributed by atoms with van der Waals surface area (Å²) < 4.78 is 10.8. The normalized spacial score (nSPS) is 23.0. The topological polar surface area (TPSA) is 52.6 Å². The Morgan fingerprint density at radius 1 is 0.962 bits per heavy atom. The van der Waals surface area contributed by atoms with Gasteiger partial charge in [0.1, 0.15) is 11.5 Å². The Kier molecular flexibility index (Phi) is 4.11. The average molecular weight is 348 g/mol. The van der Waals surface area contributed by atoms with Crippen molar-refractivity contribution in [3.05, 3.63) is 72.3 Å². The molecule has 132 valence electrons. The third kappa shape index (κ3) is 3.03. The first kappa shape index (κ1) is 16.6. The minimum atomic E-state index is -0.427. The van der Waals surface area contributed by atoms with Gasteiger partial charge >= 0.3 is 11.9 Å². The third-order valence-electron chi connectivity index (χ3n) is 5.51. The highest BCUT2D eigenvalue weighted by Gasteiger charge is 2.60. The van der Waals surface area contributed by atoms with Gasteiger partial charge in [-0.1, -0.05) is 31.2 Å². The van der Waals surface area contributed by atoms with Crippen LogP contribution in [0.1, 0.15) is 36.0 Å². The van der Waals surface area contributed by atoms with E-state index < -0.39 is 5.97 Å². The van der Waals surface area contributed by atoms with E-state index in [9.17, 15) is 9.59 Å². The van der Waals surface area contributed by atoms with Crippen molar-refractivity contribution in [3.63, 3.8) is 0 Å². The number of esters is 2. The number of hydrogen-bond donors (Lipinski definition) is 0. The molecule has 2 aromatic rings. The molecule has 4 nitrogen and oxygen atoms in total. The minimum absolute atomic E-state index is 0.00222. The summed E-state index contributed by atoms with van der Waals surface area (Å²) in [5.74, 6) is 0.644. The van der Waals surface area contributed by atoms with Gasteiger partial charge in [-0.2, -0.15) is 0 Å². The van der Waals surface area contributed by atoms with Crippen LogP contribution in [0.2, 0.25) is 0 Å². The lowest BCUT2D eigenvalue weighted by atomic mass is 9.94. The summed E-state index contributed by atoms with van der Waals surface area (Å²) in [6.07, 6.45) is 4.46. The maximum atomic E-state index is 12.4. The van der Waals surface area contributed by atoms with E-state index in [4.69, 9.17) is 9.47 Å². The second-order valence-electron chi connectivity index (χ2n) is 7.04. The van der Waals surface area contributed by atoms with Crippen LogP contribution in [0, 0.1) is 11.3 Å². The summed E-state index contributed by atoms with van der Waals surface area (Å²) in [5.41, 5.74) is 1.08. The Labute approximate surface area is 152 Å². The summed E-state index contributed by atoms with van der Waals surface area (Å²) in [4.78, 5) is 24.4. The van der Waals surface area contributed by atoms with E-state index in [1.165, 1.54) is 12.8 Å². The van der Waals surface area contributed by atoms with Gasteiger partial charge in [0, 0.05) is 11.0 Å². The first-order valence-electron chi connectivity index (χ1n) is 8.87. The molecule has 2 saturated carbocycles. The van der Waals surface area contributed by atoms with Crippen molar-refractivity contribution in [1.82, 2.24) is 0 Å². The summed E-state index contributed by atoms with van der Waals surface area (Å²) >= 11 is 0. The SMILES string of the molecule is C=C(C(=O)Oc1ccc(OC(=O)c2ccccc2)cc1)C12CCCC1C2. The number of benzene rings is 2. The Hall–Kier alpha value is -2.88. The standard InChI is InChI=1S/C22H20O4/c1-15(22-13-5-8-17(22)14-22)20(23)25-18-9-11-19(12-10-18)26-21(24)16-6-3-2-4-7-16/h2-4,6-7,9-12,17H,1,5,8,13-14H2. The number of ether oxygens (including phenoxy) is 2. The van der Waals surface area contributed by atoms with Gasteiger partial charge in [0.05, 0.1) is 5.56 Å². The fourth-order valence-electron chi connectivity index (χ4n) is 3.94. The first-order chi connectivity index (χ1) is 12.6. The Bertz CT molecular complexity index is 853. The van der Waals surface area contributed by atoms with E-state index in [2.05, 4.69) is 6.58 Å². The fourth-order valence-corrected chi connectivity index (χ4v) is 3.94. The van der Waals surface area contributed by atoms with Gasteiger partial charge in [0.2, 0.25) is 0 Å². The van der Waals surface area contributed by atoms with Crippen LogP contribution in [0.5, 0.6) is 11.5 Å². The second kappa shape index (κ2) is 6.45. The van der Waals surface area contributed by atoms with Crippen LogP contribution < -0.4 is 9.47 Å². The van der Waals surface area contributed by atoms with E-state index in [0.29, 0.717) is 28.6 Å². The van der Waals surface area contributed by atoms with Crippen molar-refractivity contribution < 1.29 is 19.1 Å². The fraction of sp³-hybridized carbons (Fsp3) is 0.273. The summed E-state index contributed by atoms with van der Waals surface area (Å²) in [6, 6.07) is 15.2. The smallest absolute Gasteiger partial charge is 0.343 e. The molecule has 0 heterocycles. The van der Waals surface area contributed by atoms with E-state index in [0.717, 1.165) is 12.8 Å². The molecule has 0 N–H and O–H groups in total. The lowest BCUT2D eigenvalue weighted by molar-refractivity contribution is -0.130. The van der Waals surface area contributed by atoms with E-state index >= 15 is 0 Å². The molecule has 0 spiro atoms. The number of rotatable bonds is 5. The Morgan fingerprint density at radius 3 is 2.19 bits per heavy atom. The molecular formula is C22H20O4. The van der Waals surface area contributed by atoms with Crippen LogP contribution in [-0.4, -0.2) is 11.9 Å². The first-order valence-corrected chi connectivity index (χ1v) is 8.87. The van der Waals surface area contributed by atoms with Crippen LogP contribution in [0.25, 0.3) is 0 Å². The lowest BCUT2D eigenvalue weighted by Crippen LogP contribution is -2.18. The van der Waals surface area contributed by atoms with E-state index in [1.807, 2.05) is 6.07 Å². The highest BCUT2D eigenvalue weighted by Crippen LogP contribution is 2.67. The van der Waals surface area contributed by atoms with Crippen LogP contribution in [0.3, 0.4) is 0 Å². The predicted molar refractivity (Wildman–Crippen MR) is 97.0 cm³/mol. The molecule has 0 saturated heterocycles. The molecule has 26 heavy (non-hydrogen) atoms. The molecule has 0 aromatic heterocycles. The van der Waals surface area contributed by atoms with Gasteiger partial charge in [0.15, 0.2) is 0 Å². The van der Waals surface area contributed by atoms with E-state index in [1.54, 1.807) is 48.5 Å². The molecule has 2 aliphatic rings. The van der Waals surface area contributed by atoms with Crippen LogP contribution in [-0.2, 0) is 4.79 Å². The van der Waals surface area contributed by atoms with E-state index in [-0.39, 0.29) is 11.4 Å². The van der Waals surface area contributed by atoms with Crippen molar-refractivity contribution in [1.29, 1.82) is 0 Å². The zero-order chi connectivity index (χ0) is 18.1. The Morgan fingerprint density at radius 2 is 1.62 bits per heavy atom. The van der Waals surface area contributed by atoms with Crippen molar-refractivity contribution in [3.8, 4) is 11.5 Å². The molecular weight excluding hydrogens is 328 g/mol. The summed E-state index contributed by atoms with van der Waals surface area (Å²) in [5, 5.41) is 0.